The number of hydrogen-bond donors (Lipinski definition) is 0. The second-order valence-electron chi connectivity index (χ2n) is 8.33. The number of piperidine rings is 1. The van der Waals surface area contributed by atoms with Crippen molar-refractivity contribution in [3.05, 3.63) is 66.2 Å². The Morgan fingerprint density at radius 2 is 1.71 bits per heavy atom. The molecule has 2 unspecified atom stereocenters. The third-order valence-electron chi connectivity index (χ3n) is 6.54. The molecule has 2 fully saturated rings. The van der Waals surface area contributed by atoms with Gasteiger partial charge in [0.2, 0.25) is 5.95 Å². The van der Waals surface area contributed by atoms with E-state index in [0.29, 0.717) is 30.1 Å². The third-order valence-corrected chi connectivity index (χ3v) is 7.28. The molecule has 31 heavy (non-hydrogen) atoms. The predicted octanol–water partition coefficient (Wildman–Crippen LogP) is 5.33. The highest BCUT2D eigenvalue weighted by atomic mass is 32.2. The van der Waals surface area contributed by atoms with Gasteiger partial charge in [-0.05, 0) is 65.5 Å². The molecule has 0 radical (unpaired) electrons. The van der Waals surface area contributed by atoms with Crippen molar-refractivity contribution in [1.82, 2.24) is 9.97 Å². The number of halogens is 1. The number of aromatic nitrogens is 2. The van der Waals surface area contributed by atoms with Gasteiger partial charge in [0.25, 0.3) is 0 Å². The SMILES string of the molecule is CCc1cnc(N2CC3C(COc4ccc(-c5ccc(SC)cc5)cc4F)C3C2)nc1. The van der Waals surface area contributed by atoms with E-state index in [1.807, 2.05) is 36.8 Å². The van der Waals surface area contributed by atoms with E-state index in [2.05, 4.69) is 33.9 Å². The summed E-state index contributed by atoms with van der Waals surface area (Å²) in [5, 5.41) is 0. The van der Waals surface area contributed by atoms with Gasteiger partial charge < -0.3 is 9.64 Å². The second kappa shape index (κ2) is 8.50. The molecule has 1 aliphatic heterocycles. The van der Waals surface area contributed by atoms with Crippen molar-refractivity contribution in [3.63, 3.8) is 0 Å². The first-order valence-corrected chi connectivity index (χ1v) is 12.0. The van der Waals surface area contributed by atoms with Crippen LogP contribution >= 0.6 is 11.8 Å². The number of benzene rings is 2. The topological polar surface area (TPSA) is 38.2 Å². The van der Waals surface area contributed by atoms with Crippen molar-refractivity contribution in [1.29, 1.82) is 0 Å². The van der Waals surface area contributed by atoms with Gasteiger partial charge >= 0.3 is 0 Å². The van der Waals surface area contributed by atoms with Crippen LogP contribution in [0.4, 0.5) is 10.3 Å². The summed E-state index contributed by atoms with van der Waals surface area (Å²) in [6.07, 6.45) is 6.82. The fourth-order valence-electron chi connectivity index (χ4n) is 4.52. The zero-order chi connectivity index (χ0) is 21.4. The van der Waals surface area contributed by atoms with E-state index in [0.717, 1.165) is 42.1 Å². The first-order valence-electron chi connectivity index (χ1n) is 10.8. The lowest BCUT2D eigenvalue weighted by Gasteiger charge is -2.20. The van der Waals surface area contributed by atoms with E-state index in [1.165, 1.54) is 4.90 Å². The van der Waals surface area contributed by atoms with Crippen molar-refractivity contribution < 1.29 is 9.13 Å². The van der Waals surface area contributed by atoms with Crippen LogP contribution in [0, 0.1) is 23.6 Å². The van der Waals surface area contributed by atoms with Crippen LogP contribution in [0.1, 0.15) is 12.5 Å². The molecule has 1 aromatic heterocycles. The lowest BCUT2D eigenvalue weighted by molar-refractivity contribution is 0.270. The summed E-state index contributed by atoms with van der Waals surface area (Å²) in [7, 11) is 0. The van der Waals surface area contributed by atoms with Gasteiger partial charge in [-0.15, -0.1) is 11.8 Å². The predicted molar refractivity (Wildman–Crippen MR) is 123 cm³/mol. The highest BCUT2D eigenvalue weighted by Crippen LogP contribution is 2.52. The van der Waals surface area contributed by atoms with E-state index in [-0.39, 0.29) is 5.82 Å². The fourth-order valence-corrected chi connectivity index (χ4v) is 4.93. The molecule has 6 heteroatoms. The molecule has 3 aromatic rings. The van der Waals surface area contributed by atoms with Crippen molar-refractivity contribution in [3.8, 4) is 16.9 Å². The molecule has 4 nitrogen and oxygen atoms in total. The average molecular weight is 436 g/mol. The van der Waals surface area contributed by atoms with Gasteiger partial charge in [0.05, 0.1) is 6.61 Å². The molecule has 0 spiro atoms. The first-order chi connectivity index (χ1) is 15.2. The van der Waals surface area contributed by atoms with Gasteiger partial charge in [-0.25, -0.2) is 14.4 Å². The summed E-state index contributed by atoms with van der Waals surface area (Å²) < 4.78 is 20.5. The Bertz CT molecular complexity index is 1050. The Morgan fingerprint density at radius 1 is 1.03 bits per heavy atom. The minimum absolute atomic E-state index is 0.303. The summed E-state index contributed by atoms with van der Waals surface area (Å²) in [5.41, 5.74) is 3.03. The van der Waals surface area contributed by atoms with Crippen LogP contribution in [-0.4, -0.2) is 35.9 Å². The molecular weight excluding hydrogens is 409 g/mol. The smallest absolute Gasteiger partial charge is 0.225 e. The third kappa shape index (κ3) is 4.13. The van der Waals surface area contributed by atoms with E-state index in [9.17, 15) is 4.39 Å². The van der Waals surface area contributed by atoms with Crippen molar-refractivity contribution in [2.45, 2.75) is 18.2 Å². The van der Waals surface area contributed by atoms with Crippen molar-refractivity contribution in [2.24, 2.45) is 17.8 Å². The van der Waals surface area contributed by atoms with Crippen LogP contribution in [0.25, 0.3) is 11.1 Å². The van der Waals surface area contributed by atoms with Gasteiger partial charge in [-0.2, -0.15) is 0 Å². The van der Waals surface area contributed by atoms with Crippen molar-refractivity contribution in [2.75, 3.05) is 30.9 Å². The molecule has 2 aromatic carbocycles. The number of anilines is 1. The van der Waals surface area contributed by atoms with E-state index in [1.54, 1.807) is 23.9 Å². The van der Waals surface area contributed by atoms with Crippen LogP contribution in [-0.2, 0) is 6.42 Å². The summed E-state index contributed by atoms with van der Waals surface area (Å²) in [6, 6.07) is 13.4. The standard InChI is InChI=1S/C25H26FN3OS/c1-3-16-11-27-25(28-12-16)29-13-20-21(14-29)22(20)15-30-24-9-6-18(10-23(24)26)17-4-7-19(31-2)8-5-17/h4-12,20-22H,3,13-15H2,1-2H3. The first kappa shape index (κ1) is 20.3. The van der Waals surface area contributed by atoms with Gasteiger partial charge in [-0.3, -0.25) is 0 Å². The number of hydrogen-bond acceptors (Lipinski definition) is 5. The molecule has 1 aliphatic carbocycles. The lowest BCUT2D eigenvalue weighted by Crippen LogP contribution is -2.27. The summed E-state index contributed by atoms with van der Waals surface area (Å²) in [5.74, 6) is 2.52. The molecule has 160 valence electrons. The molecule has 0 amide bonds. The summed E-state index contributed by atoms with van der Waals surface area (Å²) in [6.45, 7) is 4.58. The number of ether oxygens (including phenoxy) is 1. The van der Waals surface area contributed by atoms with Crippen LogP contribution in [0.2, 0.25) is 0 Å². The Kier molecular flexibility index (Phi) is 5.57. The van der Waals surface area contributed by atoms with Crippen LogP contribution in [0.15, 0.2) is 59.8 Å². The molecule has 1 saturated carbocycles. The summed E-state index contributed by atoms with van der Waals surface area (Å²) in [4.78, 5) is 12.4. The highest BCUT2D eigenvalue weighted by molar-refractivity contribution is 7.98. The maximum atomic E-state index is 14.6. The molecule has 2 atom stereocenters. The van der Waals surface area contributed by atoms with Crippen LogP contribution < -0.4 is 9.64 Å². The Labute approximate surface area is 186 Å². The van der Waals surface area contributed by atoms with Gasteiger partial charge in [0.1, 0.15) is 0 Å². The maximum Gasteiger partial charge on any atom is 0.225 e. The molecular formula is C25H26FN3OS. The maximum absolute atomic E-state index is 14.6. The molecule has 0 N–H and O–H groups in total. The highest BCUT2D eigenvalue weighted by Gasteiger charge is 2.56. The average Bonchev–Trinajstić information content (AvgIpc) is 3.26. The molecule has 2 heterocycles. The van der Waals surface area contributed by atoms with E-state index >= 15 is 0 Å². The van der Waals surface area contributed by atoms with Crippen LogP contribution in [0.5, 0.6) is 5.75 Å². The number of thioether (sulfide) groups is 1. The normalized spacial score (nSPS) is 21.8. The molecule has 2 aliphatic rings. The van der Waals surface area contributed by atoms with Crippen LogP contribution in [0.3, 0.4) is 0 Å². The number of fused-ring (bicyclic) bond motifs is 1. The lowest BCUT2D eigenvalue weighted by atomic mass is 10.1. The minimum Gasteiger partial charge on any atom is -0.490 e. The van der Waals surface area contributed by atoms with E-state index in [4.69, 9.17) is 4.74 Å². The molecule has 1 saturated heterocycles. The minimum atomic E-state index is -0.303. The van der Waals surface area contributed by atoms with Gasteiger partial charge in [0.15, 0.2) is 11.6 Å². The zero-order valence-electron chi connectivity index (χ0n) is 17.8. The summed E-state index contributed by atoms with van der Waals surface area (Å²) >= 11 is 1.70. The molecule has 5 rings (SSSR count). The van der Waals surface area contributed by atoms with Gasteiger partial charge in [0, 0.05) is 36.3 Å². The van der Waals surface area contributed by atoms with Gasteiger partial charge in [-0.1, -0.05) is 25.1 Å². The zero-order valence-corrected chi connectivity index (χ0v) is 18.6. The second-order valence-corrected chi connectivity index (χ2v) is 9.21. The number of aryl methyl sites for hydroxylation is 1. The number of rotatable bonds is 7. The Morgan fingerprint density at radius 3 is 2.32 bits per heavy atom. The van der Waals surface area contributed by atoms with E-state index < -0.39 is 0 Å². The monoisotopic (exact) mass is 435 g/mol. The number of nitrogens with zero attached hydrogens (tertiary/aromatic N) is 3. The molecule has 0 bridgehead atoms. The largest absolute Gasteiger partial charge is 0.490 e. The Hall–Kier alpha value is -2.60. The Balaban J connectivity index is 1.15. The fraction of sp³-hybridized carbons (Fsp3) is 0.360. The van der Waals surface area contributed by atoms with Crippen molar-refractivity contribution >= 4 is 17.7 Å². The quantitative estimate of drug-likeness (QED) is 0.469.